The second-order valence-corrected chi connectivity index (χ2v) is 6.43. The Morgan fingerprint density at radius 1 is 1.27 bits per heavy atom. The first-order chi connectivity index (χ1) is 10.7. The minimum absolute atomic E-state index is 0.0749. The van der Waals surface area contributed by atoms with Crippen LogP contribution in [0.5, 0.6) is 0 Å². The smallest absolute Gasteiger partial charge is 0.225 e. The van der Waals surface area contributed by atoms with E-state index >= 15 is 0 Å². The number of ketones is 1. The first-order valence-corrected chi connectivity index (χ1v) is 8.04. The third-order valence-electron chi connectivity index (χ3n) is 3.20. The third kappa shape index (κ3) is 3.71. The number of hydrogen-bond donors (Lipinski definition) is 0. The van der Waals surface area contributed by atoms with Crippen LogP contribution in [-0.4, -0.2) is 42.1 Å². The van der Waals surface area contributed by atoms with Gasteiger partial charge < -0.3 is 9.64 Å². The van der Waals surface area contributed by atoms with Gasteiger partial charge in [-0.1, -0.05) is 11.6 Å². The van der Waals surface area contributed by atoms with Crippen LogP contribution in [0.15, 0.2) is 30.6 Å². The van der Waals surface area contributed by atoms with Gasteiger partial charge in [0, 0.05) is 31.0 Å². The second kappa shape index (κ2) is 7.00. The molecule has 0 atom stereocenters. The van der Waals surface area contributed by atoms with E-state index in [0.717, 1.165) is 18.7 Å². The number of carbonyl (C=O) groups excluding carboxylic acids is 1. The molecule has 22 heavy (non-hydrogen) atoms. The Kier molecular flexibility index (Phi) is 4.82. The van der Waals surface area contributed by atoms with E-state index in [9.17, 15) is 4.79 Å². The van der Waals surface area contributed by atoms with E-state index in [-0.39, 0.29) is 5.78 Å². The predicted molar refractivity (Wildman–Crippen MR) is 87.8 cm³/mol. The first kappa shape index (κ1) is 15.1. The molecule has 0 spiro atoms. The largest absolute Gasteiger partial charge is 0.378 e. The van der Waals surface area contributed by atoms with Gasteiger partial charge in [-0.15, -0.1) is 11.3 Å². The monoisotopic (exact) mass is 335 g/mol. The SMILES string of the molecule is O=C(C=Cc1cnc(N2CCOCC2)nc1)c1ccc(Cl)s1. The van der Waals surface area contributed by atoms with Gasteiger partial charge in [-0.05, 0) is 24.3 Å². The van der Waals surface area contributed by atoms with Gasteiger partial charge in [-0.3, -0.25) is 4.79 Å². The van der Waals surface area contributed by atoms with Crippen molar-refractivity contribution in [1.82, 2.24) is 9.97 Å². The summed E-state index contributed by atoms with van der Waals surface area (Å²) in [6.07, 6.45) is 6.64. The van der Waals surface area contributed by atoms with Crippen LogP contribution in [0.1, 0.15) is 15.2 Å². The van der Waals surface area contributed by atoms with E-state index in [1.54, 1.807) is 30.6 Å². The lowest BCUT2D eigenvalue weighted by molar-refractivity contribution is 0.105. The van der Waals surface area contributed by atoms with Gasteiger partial charge in [0.1, 0.15) is 0 Å². The van der Waals surface area contributed by atoms with Crippen LogP contribution in [0, 0.1) is 0 Å². The zero-order valence-electron chi connectivity index (χ0n) is 11.7. The Morgan fingerprint density at radius 2 is 2.00 bits per heavy atom. The number of ether oxygens (including phenoxy) is 1. The topological polar surface area (TPSA) is 55.3 Å². The minimum atomic E-state index is -0.0749. The molecule has 0 saturated carbocycles. The molecule has 0 radical (unpaired) electrons. The zero-order chi connectivity index (χ0) is 15.4. The fraction of sp³-hybridized carbons (Fsp3) is 0.267. The van der Waals surface area contributed by atoms with Crippen molar-refractivity contribution in [3.05, 3.63) is 45.4 Å². The van der Waals surface area contributed by atoms with Gasteiger partial charge >= 0.3 is 0 Å². The average molecular weight is 336 g/mol. The highest BCUT2D eigenvalue weighted by Crippen LogP contribution is 2.22. The molecule has 3 rings (SSSR count). The Balaban J connectivity index is 1.65. The van der Waals surface area contributed by atoms with Crippen LogP contribution in [-0.2, 0) is 4.74 Å². The number of allylic oxidation sites excluding steroid dienone is 1. The van der Waals surface area contributed by atoms with Crippen LogP contribution >= 0.6 is 22.9 Å². The maximum atomic E-state index is 11.9. The fourth-order valence-electron chi connectivity index (χ4n) is 2.04. The summed E-state index contributed by atoms with van der Waals surface area (Å²) in [5.41, 5.74) is 0.785. The fourth-order valence-corrected chi connectivity index (χ4v) is 3.01. The molecule has 2 aromatic rings. The van der Waals surface area contributed by atoms with Crippen molar-refractivity contribution in [1.29, 1.82) is 0 Å². The van der Waals surface area contributed by atoms with E-state index < -0.39 is 0 Å². The molecule has 1 saturated heterocycles. The number of anilines is 1. The van der Waals surface area contributed by atoms with E-state index in [0.29, 0.717) is 28.4 Å². The number of carbonyl (C=O) groups is 1. The molecule has 3 heterocycles. The summed E-state index contributed by atoms with van der Waals surface area (Å²) in [6.45, 7) is 2.99. The maximum Gasteiger partial charge on any atom is 0.225 e. The molecule has 7 heteroatoms. The van der Waals surface area contributed by atoms with Crippen LogP contribution < -0.4 is 4.90 Å². The molecule has 0 amide bonds. The van der Waals surface area contributed by atoms with Crippen molar-refractivity contribution < 1.29 is 9.53 Å². The van der Waals surface area contributed by atoms with Crippen LogP contribution in [0.4, 0.5) is 5.95 Å². The molecule has 114 valence electrons. The molecule has 0 N–H and O–H groups in total. The van der Waals surface area contributed by atoms with Crippen molar-refractivity contribution >= 4 is 40.7 Å². The van der Waals surface area contributed by atoms with E-state index in [2.05, 4.69) is 14.9 Å². The summed E-state index contributed by atoms with van der Waals surface area (Å²) < 4.78 is 5.91. The third-order valence-corrected chi connectivity index (χ3v) is 4.44. The van der Waals surface area contributed by atoms with Gasteiger partial charge in [0.15, 0.2) is 5.78 Å². The molecule has 0 aliphatic carbocycles. The Hall–Kier alpha value is -1.76. The lowest BCUT2D eigenvalue weighted by atomic mass is 10.2. The normalized spacial score (nSPS) is 15.4. The number of rotatable bonds is 4. The standard InChI is InChI=1S/C15H14ClN3O2S/c16-14-4-3-13(22-14)12(20)2-1-11-9-17-15(18-10-11)19-5-7-21-8-6-19/h1-4,9-10H,5-8H2. The number of thiophene rings is 1. The number of nitrogens with zero attached hydrogens (tertiary/aromatic N) is 3. The van der Waals surface area contributed by atoms with Gasteiger partial charge in [0.2, 0.25) is 5.95 Å². The van der Waals surface area contributed by atoms with Crippen LogP contribution in [0.3, 0.4) is 0 Å². The zero-order valence-corrected chi connectivity index (χ0v) is 13.3. The van der Waals surface area contributed by atoms with E-state index in [4.69, 9.17) is 16.3 Å². The Bertz CT molecular complexity index is 678. The van der Waals surface area contributed by atoms with Gasteiger partial charge in [0.25, 0.3) is 0 Å². The second-order valence-electron chi connectivity index (χ2n) is 4.72. The van der Waals surface area contributed by atoms with Crippen molar-refractivity contribution in [3.8, 4) is 0 Å². The highest BCUT2D eigenvalue weighted by Gasteiger charge is 2.13. The molecule has 5 nitrogen and oxygen atoms in total. The summed E-state index contributed by atoms with van der Waals surface area (Å²) in [6, 6.07) is 3.44. The minimum Gasteiger partial charge on any atom is -0.378 e. The highest BCUT2D eigenvalue weighted by atomic mass is 35.5. The van der Waals surface area contributed by atoms with Crippen molar-refractivity contribution in [2.75, 3.05) is 31.2 Å². The summed E-state index contributed by atoms with van der Waals surface area (Å²) in [4.78, 5) is 23.3. The molecule has 0 aromatic carbocycles. The van der Waals surface area contributed by atoms with E-state index in [1.807, 2.05) is 0 Å². The van der Waals surface area contributed by atoms with Crippen molar-refractivity contribution in [2.24, 2.45) is 0 Å². The molecule has 0 bridgehead atoms. The van der Waals surface area contributed by atoms with Crippen molar-refractivity contribution in [3.63, 3.8) is 0 Å². The van der Waals surface area contributed by atoms with Gasteiger partial charge in [0.05, 0.1) is 22.4 Å². The molecule has 2 aromatic heterocycles. The van der Waals surface area contributed by atoms with Crippen molar-refractivity contribution in [2.45, 2.75) is 0 Å². The molecule has 1 fully saturated rings. The van der Waals surface area contributed by atoms with Crippen LogP contribution in [0.2, 0.25) is 4.34 Å². The summed E-state index contributed by atoms with van der Waals surface area (Å²) in [5.74, 6) is 0.617. The quantitative estimate of drug-likeness (QED) is 0.635. The van der Waals surface area contributed by atoms with Gasteiger partial charge in [-0.25, -0.2) is 9.97 Å². The molecular weight excluding hydrogens is 322 g/mol. The maximum absolute atomic E-state index is 11.9. The van der Waals surface area contributed by atoms with Crippen LogP contribution in [0.25, 0.3) is 6.08 Å². The van der Waals surface area contributed by atoms with Gasteiger partial charge in [-0.2, -0.15) is 0 Å². The summed E-state index contributed by atoms with van der Waals surface area (Å²) in [7, 11) is 0. The number of morpholine rings is 1. The molecule has 1 aliphatic heterocycles. The summed E-state index contributed by atoms with van der Waals surface area (Å²) in [5, 5.41) is 0. The lowest BCUT2D eigenvalue weighted by Gasteiger charge is -2.26. The molecule has 1 aliphatic rings. The predicted octanol–water partition coefficient (Wildman–Crippen LogP) is 2.92. The van der Waals surface area contributed by atoms with E-state index in [1.165, 1.54) is 17.4 Å². The average Bonchev–Trinajstić information content (AvgIpc) is 3.00. The highest BCUT2D eigenvalue weighted by molar-refractivity contribution is 7.18. The summed E-state index contributed by atoms with van der Waals surface area (Å²) >= 11 is 7.09. The Morgan fingerprint density at radius 3 is 2.64 bits per heavy atom. The molecular formula is C15H14ClN3O2S. The number of aromatic nitrogens is 2. The first-order valence-electron chi connectivity index (χ1n) is 6.85. The Labute approximate surface area is 137 Å². The lowest BCUT2D eigenvalue weighted by Crippen LogP contribution is -2.37. The number of halogens is 1. The molecule has 0 unspecified atom stereocenters. The number of hydrogen-bond acceptors (Lipinski definition) is 6.